The number of rotatable bonds is 8. The minimum atomic E-state index is -0.335. The Hall–Kier alpha value is -1.10. The number of unbranched alkanes of at least 4 members (excludes halogenated alkanes) is 1. The Labute approximate surface area is 213 Å². The van der Waals surface area contributed by atoms with Gasteiger partial charge in [0.15, 0.2) is 6.29 Å². The van der Waals surface area contributed by atoms with Gasteiger partial charge < -0.3 is 19.3 Å². The molecule has 35 heavy (non-hydrogen) atoms. The Morgan fingerprint density at radius 3 is 2.80 bits per heavy atom. The molecule has 0 amide bonds. The quantitative estimate of drug-likeness (QED) is 0.431. The predicted octanol–water partition coefficient (Wildman–Crippen LogP) is 7.02. The zero-order valence-corrected chi connectivity index (χ0v) is 22.6. The highest BCUT2D eigenvalue weighted by Crippen LogP contribution is 2.69. The van der Waals surface area contributed by atoms with E-state index in [1.54, 1.807) is 7.11 Å². The lowest BCUT2D eigenvalue weighted by Gasteiger charge is -2.60. The van der Waals surface area contributed by atoms with Gasteiger partial charge >= 0.3 is 0 Å². The molecule has 1 aromatic carbocycles. The first-order chi connectivity index (χ1) is 16.9. The molecule has 0 aromatic heterocycles. The molecule has 3 fully saturated rings. The van der Waals surface area contributed by atoms with Gasteiger partial charge in [0, 0.05) is 17.9 Å². The van der Waals surface area contributed by atoms with Crippen LogP contribution in [-0.4, -0.2) is 37.3 Å². The molecule has 0 bridgehead atoms. The minimum absolute atomic E-state index is 0.0443. The van der Waals surface area contributed by atoms with Gasteiger partial charge in [-0.25, -0.2) is 0 Å². The molecule has 0 spiro atoms. The van der Waals surface area contributed by atoms with Crippen LogP contribution in [0.3, 0.4) is 0 Å². The molecule has 1 heterocycles. The van der Waals surface area contributed by atoms with Crippen LogP contribution in [0.5, 0.6) is 5.75 Å². The van der Waals surface area contributed by atoms with Crippen LogP contribution >= 0.6 is 0 Å². The van der Waals surface area contributed by atoms with Crippen LogP contribution in [0.15, 0.2) is 18.2 Å². The Morgan fingerprint density at radius 2 is 2.06 bits per heavy atom. The molecule has 0 radical (unpaired) electrons. The van der Waals surface area contributed by atoms with E-state index in [-0.39, 0.29) is 35.2 Å². The lowest BCUT2D eigenvalue weighted by atomic mass is 9.45. The molecule has 2 saturated carbocycles. The first-order valence-electron chi connectivity index (χ1n) is 14.5. The maximum absolute atomic E-state index is 11.9. The Kier molecular flexibility index (Phi) is 7.55. The third-order valence-electron chi connectivity index (χ3n) is 10.4. The number of methoxy groups -OCH3 is 1. The maximum atomic E-state index is 11.9. The van der Waals surface area contributed by atoms with Gasteiger partial charge in [-0.1, -0.05) is 46.1 Å². The van der Waals surface area contributed by atoms with Crippen LogP contribution in [0, 0.1) is 22.7 Å². The molecule has 1 N–H and O–H groups in total. The smallest absolute Gasteiger partial charge is 0.157 e. The molecule has 2 unspecified atom stereocenters. The fourth-order valence-electron chi connectivity index (χ4n) is 8.93. The van der Waals surface area contributed by atoms with E-state index in [0.717, 1.165) is 50.9 Å². The number of hydrogen-bond donors (Lipinski definition) is 1. The first-order valence-corrected chi connectivity index (χ1v) is 14.5. The SMILES string of the molecule is CCCCC(C)C[C@]12C[C@@H](O)[C@H]3c4ccc(OC)cc4CC[C@@]3(C)[C@@H]1CC[C@@H]2OC1CCCCO1. The highest BCUT2D eigenvalue weighted by molar-refractivity contribution is 5.43. The Morgan fingerprint density at radius 1 is 1.20 bits per heavy atom. The molecule has 1 saturated heterocycles. The van der Waals surface area contributed by atoms with Crippen LogP contribution < -0.4 is 4.74 Å². The van der Waals surface area contributed by atoms with Crippen molar-refractivity contribution in [2.45, 2.75) is 122 Å². The second-order valence-electron chi connectivity index (χ2n) is 12.6. The van der Waals surface area contributed by atoms with Crippen molar-refractivity contribution >= 4 is 0 Å². The van der Waals surface area contributed by atoms with Crippen molar-refractivity contribution in [3.8, 4) is 5.75 Å². The Bertz CT molecular complexity index is 864. The molecular weight excluding hydrogens is 436 g/mol. The second-order valence-corrected chi connectivity index (χ2v) is 12.6. The van der Waals surface area contributed by atoms with Gasteiger partial charge in [-0.3, -0.25) is 0 Å². The average molecular weight is 485 g/mol. The van der Waals surface area contributed by atoms with Gasteiger partial charge in [0.05, 0.1) is 19.3 Å². The zero-order chi connectivity index (χ0) is 24.6. The summed E-state index contributed by atoms with van der Waals surface area (Å²) in [5.74, 6) is 2.36. The van der Waals surface area contributed by atoms with E-state index in [1.807, 2.05) is 0 Å². The van der Waals surface area contributed by atoms with Gasteiger partial charge in [-0.05, 0) is 98.3 Å². The first kappa shape index (κ1) is 25.5. The van der Waals surface area contributed by atoms with E-state index in [1.165, 1.54) is 49.7 Å². The predicted molar refractivity (Wildman–Crippen MR) is 140 cm³/mol. The van der Waals surface area contributed by atoms with Crippen molar-refractivity contribution in [1.82, 2.24) is 0 Å². The lowest BCUT2D eigenvalue weighted by molar-refractivity contribution is -0.230. The number of aryl methyl sites for hydroxylation is 1. The molecule has 4 nitrogen and oxygen atoms in total. The summed E-state index contributed by atoms with van der Waals surface area (Å²) in [7, 11) is 1.74. The number of aliphatic hydroxyl groups excluding tert-OH is 1. The maximum Gasteiger partial charge on any atom is 0.157 e. The second kappa shape index (κ2) is 10.3. The molecule has 196 valence electrons. The molecule has 8 atom stereocenters. The van der Waals surface area contributed by atoms with E-state index in [4.69, 9.17) is 14.2 Å². The van der Waals surface area contributed by atoms with E-state index in [9.17, 15) is 5.11 Å². The van der Waals surface area contributed by atoms with Crippen LogP contribution in [0.1, 0.15) is 108 Å². The van der Waals surface area contributed by atoms with Crippen LogP contribution in [0.2, 0.25) is 0 Å². The molecular formula is C31H48O4. The van der Waals surface area contributed by atoms with Gasteiger partial charge in [-0.15, -0.1) is 0 Å². The Balaban J connectivity index is 1.48. The number of ether oxygens (including phenoxy) is 3. The summed E-state index contributed by atoms with van der Waals surface area (Å²) in [5, 5.41) is 11.9. The minimum Gasteiger partial charge on any atom is -0.497 e. The van der Waals surface area contributed by atoms with Crippen LogP contribution in [-0.2, 0) is 15.9 Å². The number of fused-ring (bicyclic) bond motifs is 5. The van der Waals surface area contributed by atoms with Crippen LogP contribution in [0.4, 0.5) is 0 Å². The van der Waals surface area contributed by atoms with Crippen molar-refractivity contribution in [3.63, 3.8) is 0 Å². The van der Waals surface area contributed by atoms with Gasteiger partial charge in [0.25, 0.3) is 0 Å². The van der Waals surface area contributed by atoms with Crippen molar-refractivity contribution in [1.29, 1.82) is 0 Å². The summed E-state index contributed by atoms with van der Waals surface area (Å²) >= 11 is 0. The van der Waals surface area contributed by atoms with E-state index < -0.39 is 0 Å². The lowest BCUT2D eigenvalue weighted by Crippen LogP contribution is -2.57. The summed E-state index contributed by atoms with van der Waals surface area (Å²) in [4.78, 5) is 0. The summed E-state index contributed by atoms with van der Waals surface area (Å²) < 4.78 is 18.4. The largest absolute Gasteiger partial charge is 0.497 e. The van der Waals surface area contributed by atoms with Crippen molar-refractivity contribution in [2.24, 2.45) is 22.7 Å². The molecule has 4 aliphatic rings. The summed E-state index contributed by atoms with van der Waals surface area (Å²) in [6.07, 6.45) is 13.5. The normalized spacial score (nSPS) is 39.4. The fourth-order valence-corrected chi connectivity index (χ4v) is 8.93. The number of hydrogen-bond acceptors (Lipinski definition) is 4. The number of benzene rings is 1. The van der Waals surface area contributed by atoms with E-state index in [0.29, 0.717) is 11.8 Å². The average Bonchev–Trinajstić information content (AvgIpc) is 3.20. The van der Waals surface area contributed by atoms with Gasteiger partial charge in [-0.2, -0.15) is 0 Å². The van der Waals surface area contributed by atoms with Crippen LogP contribution in [0.25, 0.3) is 0 Å². The zero-order valence-electron chi connectivity index (χ0n) is 22.6. The van der Waals surface area contributed by atoms with Crippen molar-refractivity contribution in [2.75, 3.05) is 13.7 Å². The monoisotopic (exact) mass is 484 g/mol. The summed E-state index contributed by atoms with van der Waals surface area (Å²) in [5.41, 5.74) is 2.87. The molecule has 4 heteroatoms. The highest BCUT2D eigenvalue weighted by Gasteiger charge is 2.65. The van der Waals surface area contributed by atoms with E-state index >= 15 is 0 Å². The molecule has 1 aromatic rings. The van der Waals surface area contributed by atoms with Gasteiger partial charge in [0.2, 0.25) is 0 Å². The topological polar surface area (TPSA) is 47.9 Å². The molecule has 1 aliphatic heterocycles. The fraction of sp³-hybridized carbons (Fsp3) is 0.806. The molecule has 5 rings (SSSR count). The standard InChI is InChI=1S/C31H48O4/c1-5-6-9-21(2)19-31-20-25(32)29-24-12-11-23(33-4)18-22(24)15-16-30(29,3)26(31)13-14-27(31)35-28-10-7-8-17-34-28/h11-12,18,21,25-29,32H,5-10,13-17,19-20H2,1-4H3/t21?,25-,26+,27+,28?,29-,30+,31+/m1/s1. The third-order valence-corrected chi connectivity index (χ3v) is 10.4. The van der Waals surface area contributed by atoms with Crippen molar-refractivity contribution < 1.29 is 19.3 Å². The summed E-state index contributed by atoms with van der Waals surface area (Å²) in [6, 6.07) is 6.54. The highest BCUT2D eigenvalue weighted by atomic mass is 16.7. The van der Waals surface area contributed by atoms with Crippen molar-refractivity contribution in [3.05, 3.63) is 29.3 Å². The van der Waals surface area contributed by atoms with Gasteiger partial charge in [0.1, 0.15) is 5.75 Å². The third kappa shape index (κ3) is 4.57. The van der Waals surface area contributed by atoms with E-state index in [2.05, 4.69) is 39.0 Å². The summed E-state index contributed by atoms with van der Waals surface area (Å²) in [6.45, 7) is 8.06. The molecule has 3 aliphatic carbocycles. The number of aliphatic hydroxyl groups is 1.